The number of sulfonamides is 1. The molecule has 0 aromatic heterocycles. The van der Waals surface area contributed by atoms with E-state index in [0.29, 0.717) is 30.3 Å². The second-order valence-electron chi connectivity index (χ2n) is 6.04. The summed E-state index contributed by atoms with van der Waals surface area (Å²) in [6, 6.07) is 12.9. The van der Waals surface area contributed by atoms with Crippen LogP contribution in [0.2, 0.25) is 5.02 Å². The molecule has 0 saturated carbocycles. The number of aryl methyl sites for hydroxylation is 2. The van der Waals surface area contributed by atoms with E-state index in [0.717, 1.165) is 11.1 Å². The molecule has 6 heteroatoms. The number of ether oxygens (including phenoxy) is 1. The summed E-state index contributed by atoms with van der Waals surface area (Å²) in [6.45, 7) is 4.82. The first-order chi connectivity index (χ1) is 11.4. The topological polar surface area (TPSA) is 46.6 Å². The van der Waals surface area contributed by atoms with Gasteiger partial charge in [-0.3, -0.25) is 0 Å². The maximum absolute atomic E-state index is 13.0. The van der Waals surface area contributed by atoms with Crippen LogP contribution in [0.1, 0.15) is 22.8 Å². The summed E-state index contributed by atoms with van der Waals surface area (Å²) in [5.41, 5.74) is 2.84. The Morgan fingerprint density at radius 3 is 2.54 bits per heavy atom. The smallest absolute Gasteiger partial charge is 0.243 e. The Bertz CT molecular complexity index is 834. The molecule has 1 fully saturated rings. The SMILES string of the molecule is Cc1ccc(C2CN(S(=O)(=O)c3cc(Cl)ccc3C)CCO2)cc1. The summed E-state index contributed by atoms with van der Waals surface area (Å²) >= 11 is 5.99. The number of morpholine rings is 1. The molecule has 128 valence electrons. The molecule has 1 heterocycles. The van der Waals surface area contributed by atoms with Crippen LogP contribution in [-0.2, 0) is 14.8 Å². The standard InChI is InChI=1S/C18H20ClNO3S/c1-13-3-6-15(7-4-13)17-12-20(9-10-23-17)24(21,22)18-11-16(19)8-5-14(18)2/h3-8,11,17H,9-10,12H2,1-2H3. The Kier molecular flexibility index (Phi) is 4.97. The van der Waals surface area contributed by atoms with Gasteiger partial charge in [0.1, 0.15) is 0 Å². The molecule has 0 spiro atoms. The van der Waals surface area contributed by atoms with Gasteiger partial charge < -0.3 is 4.74 Å². The fourth-order valence-corrected chi connectivity index (χ4v) is 4.73. The van der Waals surface area contributed by atoms with Crippen LogP contribution in [0.3, 0.4) is 0 Å². The fraction of sp³-hybridized carbons (Fsp3) is 0.333. The van der Waals surface area contributed by atoms with Crippen LogP contribution in [0.5, 0.6) is 0 Å². The van der Waals surface area contributed by atoms with Crippen molar-refractivity contribution < 1.29 is 13.2 Å². The second kappa shape index (κ2) is 6.84. The minimum absolute atomic E-state index is 0.256. The van der Waals surface area contributed by atoms with Gasteiger partial charge >= 0.3 is 0 Å². The third kappa shape index (κ3) is 3.49. The van der Waals surface area contributed by atoms with Gasteiger partial charge in [-0.1, -0.05) is 47.5 Å². The van der Waals surface area contributed by atoms with Crippen LogP contribution in [-0.4, -0.2) is 32.4 Å². The lowest BCUT2D eigenvalue weighted by molar-refractivity contribution is -0.00257. The number of nitrogens with zero attached hydrogens (tertiary/aromatic N) is 1. The molecule has 4 nitrogen and oxygen atoms in total. The van der Waals surface area contributed by atoms with Gasteiger partial charge in [-0.25, -0.2) is 8.42 Å². The van der Waals surface area contributed by atoms with E-state index in [4.69, 9.17) is 16.3 Å². The molecule has 0 N–H and O–H groups in total. The molecule has 0 bridgehead atoms. The first kappa shape index (κ1) is 17.4. The molecule has 0 radical (unpaired) electrons. The van der Waals surface area contributed by atoms with Crippen LogP contribution in [0.4, 0.5) is 0 Å². The molecule has 24 heavy (non-hydrogen) atoms. The molecular weight excluding hydrogens is 346 g/mol. The van der Waals surface area contributed by atoms with Crippen LogP contribution in [0.15, 0.2) is 47.4 Å². The van der Waals surface area contributed by atoms with Crippen molar-refractivity contribution in [3.8, 4) is 0 Å². The van der Waals surface area contributed by atoms with E-state index in [1.165, 1.54) is 10.4 Å². The third-order valence-electron chi connectivity index (χ3n) is 4.25. The van der Waals surface area contributed by atoms with Crippen molar-refractivity contribution in [2.45, 2.75) is 24.8 Å². The molecule has 2 aromatic carbocycles. The zero-order valence-electron chi connectivity index (χ0n) is 13.7. The van der Waals surface area contributed by atoms with Gasteiger partial charge in [0.25, 0.3) is 0 Å². The quantitative estimate of drug-likeness (QED) is 0.832. The minimum atomic E-state index is -3.60. The molecule has 0 aliphatic carbocycles. The second-order valence-corrected chi connectivity index (χ2v) is 8.39. The van der Waals surface area contributed by atoms with Crippen molar-refractivity contribution in [2.75, 3.05) is 19.7 Å². The Morgan fingerprint density at radius 1 is 1.12 bits per heavy atom. The van der Waals surface area contributed by atoms with E-state index < -0.39 is 10.0 Å². The van der Waals surface area contributed by atoms with E-state index in [9.17, 15) is 8.42 Å². The van der Waals surface area contributed by atoms with Gasteiger partial charge in [-0.2, -0.15) is 4.31 Å². The summed E-state index contributed by atoms with van der Waals surface area (Å²) in [5, 5.41) is 0.419. The highest BCUT2D eigenvalue weighted by Crippen LogP contribution is 2.29. The molecule has 2 aromatic rings. The van der Waals surface area contributed by atoms with Crippen LogP contribution in [0.25, 0.3) is 0 Å². The Balaban J connectivity index is 1.88. The van der Waals surface area contributed by atoms with E-state index >= 15 is 0 Å². The molecule has 1 aliphatic heterocycles. The van der Waals surface area contributed by atoms with Gasteiger partial charge in [0.05, 0.1) is 17.6 Å². The molecular formula is C18H20ClNO3S. The number of hydrogen-bond acceptors (Lipinski definition) is 3. The highest BCUT2D eigenvalue weighted by Gasteiger charge is 2.32. The monoisotopic (exact) mass is 365 g/mol. The van der Waals surface area contributed by atoms with E-state index in [1.54, 1.807) is 19.1 Å². The van der Waals surface area contributed by atoms with Gasteiger partial charge in [-0.15, -0.1) is 0 Å². The number of halogens is 1. The molecule has 1 saturated heterocycles. The lowest BCUT2D eigenvalue weighted by Gasteiger charge is -2.32. The van der Waals surface area contributed by atoms with Crippen molar-refractivity contribution in [1.82, 2.24) is 4.31 Å². The predicted octanol–water partition coefficient (Wildman–Crippen LogP) is 3.72. The minimum Gasteiger partial charge on any atom is -0.371 e. The zero-order valence-corrected chi connectivity index (χ0v) is 15.3. The molecule has 1 unspecified atom stereocenters. The van der Waals surface area contributed by atoms with E-state index in [2.05, 4.69) is 0 Å². The summed E-state index contributed by atoms with van der Waals surface area (Å²) in [7, 11) is -3.60. The molecule has 3 rings (SSSR count). The van der Waals surface area contributed by atoms with Crippen molar-refractivity contribution in [1.29, 1.82) is 0 Å². The summed E-state index contributed by atoms with van der Waals surface area (Å²) in [6.07, 6.45) is -0.256. The number of benzene rings is 2. The number of rotatable bonds is 3. The van der Waals surface area contributed by atoms with Gasteiger partial charge in [0.15, 0.2) is 0 Å². The highest BCUT2D eigenvalue weighted by molar-refractivity contribution is 7.89. The normalized spacial score (nSPS) is 19.4. The lowest BCUT2D eigenvalue weighted by atomic mass is 10.1. The maximum Gasteiger partial charge on any atom is 0.243 e. The Morgan fingerprint density at radius 2 is 1.83 bits per heavy atom. The van der Waals surface area contributed by atoms with Gasteiger partial charge in [-0.05, 0) is 37.1 Å². The van der Waals surface area contributed by atoms with Crippen LogP contribution < -0.4 is 0 Å². The van der Waals surface area contributed by atoms with E-state index in [-0.39, 0.29) is 11.0 Å². The average molecular weight is 366 g/mol. The van der Waals surface area contributed by atoms with Crippen molar-refractivity contribution in [2.24, 2.45) is 0 Å². The predicted molar refractivity (Wildman–Crippen MR) is 94.8 cm³/mol. The highest BCUT2D eigenvalue weighted by atomic mass is 35.5. The van der Waals surface area contributed by atoms with Crippen molar-refractivity contribution in [3.63, 3.8) is 0 Å². The first-order valence-corrected chi connectivity index (χ1v) is 9.64. The molecule has 0 amide bonds. The Labute approximate surface area is 148 Å². The Hall–Kier alpha value is -1.40. The lowest BCUT2D eigenvalue weighted by Crippen LogP contribution is -2.42. The van der Waals surface area contributed by atoms with Crippen molar-refractivity contribution in [3.05, 3.63) is 64.2 Å². The summed E-state index contributed by atoms with van der Waals surface area (Å²) in [4.78, 5) is 0.263. The van der Waals surface area contributed by atoms with Gasteiger partial charge in [0.2, 0.25) is 10.0 Å². The summed E-state index contributed by atoms with van der Waals surface area (Å²) in [5.74, 6) is 0. The zero-order chi connectivity index (χ0) is 17.3. The van der Waals surface area contributed by atoms with Crippen LogP contribution >= 0.6 is 11.6 Å². The summed E-state index contributed by atoms with van der Waals surface area (Å²) < 4.78 is 33.3. The fourth-order valence-electron chi connectivity index (χ4n) is 2.82. The van der Waals surface area contributed by atoms with E-state index in [1.807, 2.05) is 31.2 Å². The van der Waals surface area contributed by atoms with Crippen LogP contribution in [0, 0.1) is 13.8 Å². The van der Waals surface area contributed by atoms with Gasteiger partial charge in [0, 0.05) is 18.1 Å². The van der Waals surface area contributed by atoms with Crippen molar-refractivity contribution >= 4 is 21.6 Å². The largest absolute Gasteiger partial charge is 0.371 e. The first-order valence-electron chi connectivity index (χ1n) is 7.82. The average Bonchev–Trinajstić information content (AvgIpc) is 2.58. The molecule has 1 aliphatic rings. The third-order valence-corrected chi connectivity index (χ3v) is 6.49. The maximum atomic E-state index is 13.0. The number of hydrogen-bond donors (Lipinski definition) is 0. The molecule has 1 atom stereocenters.